The van der Waals surface area contributed by atoms with Crippen molar-refractivity contribution in [3.8, 4) is 11.3 Å². The van der Waals surface area contributed by atoms with Crippen LogP contribution in [0, 0.1) is 6.92 Å². The summed E-state index contributed by atoms with van der Waals surface area (Å²) in [5, 5.41) is 0. The van der Waals surface area contributed by atoms with Crippen molar-refractivity contribution in [3.05, 3.63) is 53.2 Å². The van der Waals surface area contributed by atoms with Gasteiger partial charge in [0.25, 0.3) is 0 Å². The van der Waals surface area contributed by atoms with Crippen molar-refractivity contribution in [3.63, 3.8) is 0 Å². The van der Waals surface area contributed by atoms with Crippen molar-refractivity contribution in [2.75, 3.05) is 0 Å². The number of hydrogen-bond donors (Lipinski definition) is 0. The highest BCUT2D eigenvalue weighted by Gasteiger charge is 2.48. The Bertz CT molecular complexity index is 740. The number of aryl methyl sites for hydroxylation is 1. The van der Waals surface area contributed by atoms with Crippen molar-refractivity contribution in [1.29, 1.82) is 0 Å². The second-order valence-electron chi connectivity index (χ2n) is 7.76. The van der Waals surface area contributed by atoms with E-state index in [-0.39, 0.29) is 5.41 Å². The molecule has 0 radical (unpaired) electrons. The van der Waals surface area contributed by atoms with Crippen LogP contribution in [-0.4, -0.2) is 0 Å². The molecule has 1 aliphatic heterocycles. The van der Waals surface area contributed by atoms with Crippen LogP contribution in [0.3, 0.4) is 0 Å². The molecule has 1 nitrogen and oxygen atoms in total. The topological polar surface area (TPSA) is 3.88 Å². The van der Waals surface area contributed by atoms with Gasteiger partial charge < -0.3 is 0 Å². The summed E-state index contributed by atoms with van der Waals surface area (Å²) in [6.45, 7) is 11.7. The van der Waals surface area contributed by atoms with Gasteiger partial charge in [0.05, 0.1) is 11.0 Å². The normalized spacial score (nSPS) is 17.9. The quantitative estimate of drug-likeness (QED) is 0.429. The lowest BCUT2D eigenvalue weighted by atomic mass is 9.66. The van der Waals surface area contributed by atoms with E-state index < -0.39 is 0 Å². The largest absolute Gasteiger partial charge is 0.216 e. The summed E-state index contributed by atoms with van der Waals surface area (Å²) in [4.78, 5) is 0. The number of nitrogens with zero attached hydrogens (tertiary/aromatic N) is 1. The third-order valence-electron chi connectivity index (χ3n) is 6.78. The molecule has 0 amide bonds. The molecule has 1 aromatic carbocycles. The van der Waals surface area contributed by atoms with Gasteiger partial charge in [0.1, 0.15) is 0 Å². The molecule has 0 fully saturated rings. The van der Waals surface area contributed by atoms with Crippen LogP contribution < -0.4 is 4.57 Å². The number of hydrogen-bond acceptors (Lipinski definition) is 0. The first-order valence-corrected chi connectivity index (χ1v) is 10.2. The predicted octanol–water partition coefficient (Wildman–Crippen LogP) is 6.31. The lowest BCUT2D eigenvalue weighted by Crippen LogP contribution is -2.54. The van der Waals surface area contributed by atoms with Crippen molar-refractivity contribution < 1.29 is 4.57 Å². The highest BCUT2D eigenvalue weighted by atomic mass is 15.0. The minimum Gasteiger partial charge on any atom is -0.195 e. The Morgan fingerprint density at radius 2 is 1.72 bits per heavy atom. The predicted molar refractivity (Wildman–Crippen MR) is 107 cm³/mol. The van der Waals surface area contributed by atoms with Gasteiger partial charge in [0, 0.05) is 11.6 Å². The molecule has 0 aliphatic carbocycles. The van der Waals surface area contributed by atoms with E-state index in [1.54, 1.807) is 5.56 Å². The maximum Gasteiger partial charge on any atom is 0.216 e. The van der Waals surface area contributed by atoms with Crippen LogP contribution in [0.1, 0.15) is 82.5 Å². The van der Waals surface area contributed by atoms with Gasteiger partial charge in [-0.1, -0.05) is 51.8 Å². The average molecular weight is 337 g/mol. The number of unbranched alkanes of at least 4 members (excludes halogenated alkanes) is 2. The molecule has 0 N–H and O–H groups in total. The number of aromatic nitrogens is 1. The van der Waals surface area contributed by atoms with Gasteiger partial charge in [0.15, 0.2) is 12.2 Å². The molecular formula is C24H34N+. The Morgan fingerprint density at radius 1 is 1.00 bits per heavy atom. The molecule has 0 saturated carbocycles. The molecule has 1 aromatic heterocycles. The van der Waals surface area contributed by atoms with Crippen LogP contribution in [0.4, 0.5) is 0 Å². The Labute approximate surface area is 154 Å². The standard InChI is InChI=1S/C24H34N/c1-6-9-10-13-20-16-17-25-19(5)24(7-2,8-3)22-15-12-11-14-21(22)23(25)18(20)4/h11-12,14-17,19H,6-10,13H2,1-5H3/q+1. The van der Waals surface area contributed by atoms with E-state index in [0.29, 0.717) is 6.04 Å². The van der Waals surface area contributed by atoms with Crippen molar-refractivity contribution in [1.82, 2.24) is 0 Å². The highest BCUT2D eigenvalue weighted by molar-refractivity contribution is 5.68. The molecule has 0 spiro atoms. The summed E-state index contributed by atoms with van der Waals surface area (Å²) >= 11 is 0. The van der Waals surface area contributed by atoms with Gasteiger partial charge in [-0.05, 0) is 56.7 Å². The average Bonchev–Trinajstić information content (AvgIpc) is 2.64. The highest BCUT2D eigenvalue weighted by Crippen LogP contribution is 2.47. The van der Waals surface area contributed by atoms with Crippen molar-refractivity contribution in [2.24, 2.45) is 0 Å². The Balaban J connectivity index is 2.17. The van der Waals surface area contributed by atoms with E-state index in [9.17, 15) is 0 Å². The number of pyridine rings is 1. The fraction of sp³-hybridized carbons (Fsp3) is 0.542. The molecule has 25 heavy (non-hydrogen) atoms. The van der Waals surface area contributed by atoms with E-state index >= 15 is 0 Å². The van der Waals surface area contributed by atoms with Crippen LogP contribution >= 0.6 is 0 Å². The van der Waals surface area contributed by atoms with Gasteiger partial charge in [-0.3, -0.25) is 0 Å². The third-order valence-corrected chi connectivity index (χ3v) is 6.78. The first-order chi connectivity index (χ1) is 12.1. The monoisotopic (exact) mass is 336 g/mol. The minimum atomic E-state index is 0.241. The number of rotatable bonds is 6. The molecular weight excluding hydrogens is 302 g/mol. The van der Waals surface area contributed by atoms with Gasteiger partial charge >= 0.3 is 0 Å². The summed E-state index contributed by atoms with van der Waals surface area (Å²) < 4.78 is 2.56. The van der Waals surface area contributed by atoms with Crippen LogP contribution in [0.2, 0.25) is 0 Å². The summed E-state index contributed by atoms with van der Waals surface area (Å²) in [5.41, 5.74) is 7.72. The molecule has 1 heteroatoms. The van der Waals surface area contributed by atoms with Gasteiger partial charge in [0.2, 0.25) is 5.69 Å². The van der Waals surface area contributed by atoms with Gasteiger partial charge in [-0.25, -0.2) is 0 Å². The molecule has 134 valence electrons. The lowest BCUT2D eigenvalue weighted by molar-refractivity contribution is -0.721. The molecule has 1 atom stereocenters. The summed E-state index contributed by atoms with van der Waals surface area (Å²) in [5.74, 6) is 0. The smallest absolute Gasteiger partial charge is 0.195 e. The van der Waals surface area contributed by atoms with Crippen molar-refractivity contribution >= 4 is 0 Å². The van der Waals surface area contributed by atoms with E-state index in [1.165, 1.54) is 60.9 Å². The third kappa shape index (κ3) is 2.82. The molecule has 3 rings (SSSR count). The molecule has 1 aliphatic rings. The summed E-state index contributed by atoms with van der Waals surface area (Å²) in [6.07, 6.45) is 9.85. The number of benzene rings is 1. The zero-order chi connectivity index (χ0) is 18.0. The van der Waals surface area contributed by atoms with E-state index in [2.05, 4.69) is 75.7 Å². The fourth-order valence-electron chi connectivity index (χ4n) is 5.05. The Hall–Kier alpha value is -1.63. The van der Waals surface area contributed by atoms with Crippen LogP contribution in [0.25, 0.3) is 11.3 Å². The maximum absolute atomic E-state index is 2.56. The van der Waals surface area contributed by atoms with Crippen LogP contribution in [0.5, 0.6) is 0 Å². The molecule has 2 aromatic rings. The first kappa shape index (κ1) is 18.2. The van der Waals surface area contributed by atoms with Gasteiger partial charge in [-0.2, -0.15) is 4.57 Å². The van der Waals surface area contributed by atoms with E-state index in [4.69, 9.17) is 0 Å². The van der Waals surface area contributed by atoms with Crippen LogP contribution in [0.15, 0.2) is 36.5 Å². The van der Waals surface area contributed by atoms with E-state index in [0.717, 1.165) is 0 Å². The molecule has 0 saturated heterocycles. The fourth-order valence-corrected chi connectivity index (χ4v) is 5.05. The first-order valence-electron chi connectivity index (χ1n) is 10.2. The molecule has 1 unspecified atom stereocenters. The summed E-state index contributed by atoms with van der Waals surface area (Å²) in [7, 11) is 0. The van der Waals surface area contributed by atoms with Gasteiger partial charge in [-0.15, -0.1) is 0 Å². The zero-order valence-corrected chi connectivity index (χ0v) is 16.7. The zero-order valence-electron chi connectivity index (χ0n) is 16.7. The Morgan fingerprint density at radius 3 is 2.40 bits per heavy atom. The van der Waals surface area contributed by atoms with Crippen LogP contribution in [-0.2, 0) is 11.8 Å². The second-order valence-corrected chi connectivity index (χ2v) is 7.76. The minimum absolute atomic E-state index is 0.241. The Kier molecular flexibility index (Phi) is 5.32. The molecule has 0 bridgehead atoms. The SMILES string of the molecule is CCCCCc1cc[n+]2c(c1C)-c1ccccc1C(CC)(CC)C2C. The van der Waals surface area contributed by atoms with Crippen molar-refractivity contribution in [2.45, 2.75) is 84.6 Å². The second kappa shape index (κ2) is 7.32. The molecule has 2 heterocycles. The van der Waals surface area contributed by atoms with E-state index in [1.807, 2.05) is 0 Å². The maximum atomic E-state index is 2.56. The number of fused-ring (bicyclic) bond motifs is 3. The lowest BCUT2D eigenvalue weighted by Gasteiger charge is -2.40. The summed E-state index contributed by atoms with van der Waals surface area (Å²) in [6, 6.07) is 12.0.